The highest BCUT2D eigenvalue weighted by atomic mass is 16.5. The average molecular weight is 507 g/mol. The number of carbonyl (C=O) groups excluding carboxylic acids is 2. The Bertz CT molecular complexity index is 815. The summed E-state index contributed by atoms with van der Waals surface area (Å²) in [5, 5.41) is 13.0. The molecule has 1 aromatic carbocycles. The number of piperidine rings is 1. The van der Waals surface area contributed by atoms with Crippen molar-refractivity contribution in [2.75, 3.05) is 53.7 Å². The lowest BCUT2D eigenvalue weighted by molar-refractivity contribution is -0.138. The number of ether oxygens (including phenoxy) is 3. The number of benzene rings is 1. The Balaban J connectivity index is 2.01. The Morgan fingerprint density at radius 2 is 1.89 bits per heavy atom. The standard InChI is InChI=1S/C28H46N2O6/c1-6-30(18-21-8-9-26(35-5)27(14-21)36-11-7-10-34-4)28(33)24-15-23(16-29-17-24)25(32)13-22(19-31)12-20(2)3/h8-9,14,20,22-24,29,31H,6-7,10-13,15-19H2,1-5H3/t22?,23-,24+/m0/s1. The molecule has 0 radical (unpaired) electrons. The van der Waals surface area contributed by atoms with E-state index in [-0.39, 0.29) is 36.1 Å². The van der Waals surface area contributed by atoms with E-state index in [1.165, 1.54) is 0 Å². The lowest BCUT2D eigenvalue weighted by Crippen LogP contribution is -2.47. The maximum absolute atomic E-state index is 13.4. The van der Waals surface area contributed by atoms with E-state index >= 15 is 0 Å². The van der Waals surface area contributed by atoms with Crippen molar-refractivity contribution < 1.29 is 28.9 Å². The summed E-state index contributed by atoms with van der Waals surface area (Å²) in [5.74, 6) is 1.49. The molecule has 0 aliphatic carbocycles. The van der Waals surface area contributed by atoms with Crippen LogP contribution in [0.25, 0.3) is 0 Å². The Morgan fingerprint density at radius 1 is 1.14 bits per heavy atom. The van der Waals surface area contributed by atoms with E-state index in [0.717, 1.165) is 18.4 Å². The number of hydrogen-bond donors (Lipinski definition) is 2. The van der Waals surface area contributed by atoms with Crippen LogP contribution in [0.4, 0.5) is 0 Å². The molecule has 0 bridgehead atoms. The normalized spacial score (nSPS) is 18.6. The fourth-order valence-electron chi connectivity index (χ4n) is 4.86. The van der Waals surface area contributed by atoms with Gasteiger partial charge in [-0.2, -0.15) is 0 Å². The zero-order valence-electron chi connectivity index (χ0n) is 22.8. The Labute approximate surface area is 216 Å². The van der Waals surface area contributed by atoms with Crippen LogP contribution in [0, 0.1) is 23.7 Å². The predicted octanol–water partition coefficient (Wildman–Crippen LogP) is 3.30. The second-order valence-electron chi connectivity index (χ2n) is 10.2. The fourth-order valence-corrected chi connectivity index (χ4v) is 4.86. The molecule has 204 valence electrons. The number of Topliss-reactive ketones (excluding diaryl/α,β-unsaturated/α-hetero) is 1. The van der Waals surface area contributed by atoms with Gasteiger partial charge in [-0.1, -0.05) is 19.9 Å². The van der Waals surface area contributed by atoms with Crippen molar-refractivity contribution in [2.45, 2.75) is 53.0 Å². The van der Waals surface area contributed by atoms with E-state index in [4.69, 9.17) is 14.2 Å². The van der Waals surface area contributed by atoms with Crippen LogP contribution in [0.3, 0.4) is 0 Å². The molecule has 1 aliphatic rings. The molecule has 8 nitrogen and oxygen atoms in total. The van der Waals surface area contributed by atoms with E-state index in [9.17, 15) is 14.7 Å². The highest BCUT2D eigenvalue weighted by Crippen LogP contribution is 2.30. The lowest BCUT2D eigenvalue weighted by atomic mass is 9.82. The van der Waals surface area contributed by atoms with Gasteiger partial charge in [-0.05, 0) is 49.3 Å². The number of hydrogen-bond acceptors (Lipinski definition) is 7. The van der Waals surface area contributed by atoms with Crippen molar-refractivity contribution in [1.82, 2.24) is 10.2 Å². The summed E-state index contributed by atoms with van der Waals surface area (Å²) in [7, 11) is 3.27. The molecule has 3 atom stereocenters. The molecule has 1 aromatic rings. The Morgan fingerprint density at radius 3 is 2.53 bits per heavy atom. The van der Waals surface area contributed by atoms with Crippen molar-refractivity contribution in [3.05, 3.63) is 23.8 Å². The number of rotatable bonds is 16. The number of aliphatic hydroxyl groups is 1. The van der Waals surface area contributed by atoms with E-state index in [1.54, 1.807) is 14.2 Å². The molecule has 1 saturated heterocycles. The van der Waals surface area contributed by atoms with Crippen LogP contribution < -0.4 is 14.8 Å². The van der Waals surface area contributed by atoms with Crippen molar-refractivity contribution in [3.8, 4) is 11.5 Å². The molecule has 0 spiro atoms. The molecule has 0 saturated carbocycles. The smallest absolute Gasteiger partial charge is 0.227 e. The summed E-state index contributed by atoms with van der Waals surface area (Å²) >= 11 is 0. The molecule has 2 rings (SSSR count). The first-order valence-corrected chi connectivity index (χ1v) is 13.2. The number of carbonyl (C=O) groups is 2. The van der Waals surface area contributed by atoms with E-state index in [2.05, 4.69) is 19.2 Å². The van der Waals surface area contributed by atoms with Crippen molar-refractivity contribution in [1.29, 1.82) is 0 Å². The molecular weight excluding hydrogens is 460 g/mol. The van der Waals surface area contributed by atoms with Gasteiger partial charge < -0.3 is 29.5 Å². The van der Waals surface area contributed by atoms with E-state index in [1.807, 2.05) is 30.0 Å². The fraction of sp³-hybridized carbons (Fsp3) is 0.714. The molecule has 1 amide bonds. The molecule has 1 fully saturated rings. The van der Waals surface area contributed by atoms with Crippen LogP contribution in [0.15, 0.2) is 18.2 Å². The van der Waals surface area contributed by atoms with Gasteiger partial charge in [-0.25, -0.2) is 0 Å². The summed E-state index contributed by atoms with van der Waals surface area (Å²) in [6.45, 7) is 9.54. The Hall–Kier alpha value is -2.16. The predicted molar refractivity (Wildman–Crippen MR) is 140 cm³/mol. The van der Waals surface area contributed by atoms with E-state index in [0.29, 0.717) is 69.7 Å². The van der Waals surface area contributed by atoms with Crippen LogP contribution >= 0.6 is 0 Å². The zero-order chi connectivity index (χ0) is 26.5. The number of nitrogens with zero attached hydrogens (tertiary/aromatic N) is 1. The Kier molecular flexibility index (Phi) is 13.2. The number of methoxy groups -OCH3 is 2. The van der Waals surface area contributed by atoms with Gasteiger partial charge in [-0.3, -0.25) is 9.59 Å². The summed E-state index contributed by atoms with van der Waals surface area (Å²) in [4.78, 5) is 28.2. The first-order chi connectivity index (χ1) is 17.3. The lowest BCUT2D eigenvalue weighted by Gasteiger charge is -2.33. The second-order valence-corrected chi connectivity index (χ2v) is 10.2. The van der Waals surface area contributed by atoms with Crippen LogP contribution in [0.1, 0.15) is 52.0 Å². The average Bonchev–Trinajstić information content (AvgIpc) is 2.88. The highest BCUT2D eigenvalue weighted by Gasteiger charge is 2.33. The number of nitrogens with one attached hydrogen (secondary N) is 1. The summed E-state index contributed by atoms with van der Waals surface area (Å²) in [5.41, 5.74) is 0.962. The van der Waals surface area contributed by atoms with Gasteiger partial charge in [0.15, 0.2) is 11.5 Å². The van der Waals surface area contributed by atoms with Gasteiger partial charge >= 0.3 is 0 Å². The SMILES string of the molecule is CCN(Cc1ccc(OC)c(OCCCOC)c1)C(=O)[C@H]1CNC[C@@H](C(=O)CC(CO)CC(C)C)C1. The molecule has 1 unspecified atom stereocenters. The molecule has 0 aromatic heterocycles. The van der Waals surface area contributed by atoms with Crippen LogP contribution in [0.5, 0.6) is 11.5 Å². The second kappa shape index (κ2) is 15.8. The monoisotopic (exact) mass is 506 g/mol. The molecule has 8 heteroatoms. The van der Waals surface area contributed by atoms with Gasteiger partial charge in [0.25, 0.3) is 0 Å². The quantitative estimate of drug-likeness (QED) is 0.332. The number of amides is 1. The molecular formula is C28H46N2O6. The topological polar surface area (TPSA) is 97.3 Å². The van der Waals surface area contributed by atoms with Gasteiger partial charge in [0.1, 0.15) is 5.78 Å². The van der Waals surface area contributed by atoms with Crippen molar-refractivity contribution in [3.63, 3.8) is 0 Å². The minimum Gasteiger partial charge on any atom is -0.493 e. The third kappa shape index (κ3) is 9.37. The van der Waals surface area contributed by atoms with Crippen LogP contribution in [-0.2, 0) is 20.9 Å². The molecule has 1 aliphatic heterocycles. The van der Waals surface area contributed by atoms with Crippen LogP contribution in [0.2, 0.25) is 0 Å². The summed E-state index contributed by atoms with van der Waals surface area (Å²) in [6.07, 6.45) is 2.53. The van der Waals surface area contributed by atoms with Gasteiger partial charge in [0, 0.05) is 65.3 Å². The van der Waals surface area contributed by atoms with Gasteiger partial charge in [0.05, 0.1) is 19.6 Å². The summed E-state index contributed by atoms with van der Waals surface area (Å²) in [6, 6.07) is 5.74. The molecule has 1 heterocycles. The largest absolute Gasteiger partial charge is 0.493 e. The molecule has 2 N–H and O–H groups in total. The molecule has 36 heavy (non-hydrogen) atoms. The van der Waals surface area contributed by atoms with Crippen LogP contribution in [-0.4, -0.2) is 75.4 Å². The number of aliphatic hydroxyl groups excluding tert-OH is 1. The first kappa shape index (κ1) is 30.1. The maximum Gasteiger partial charge on any atom is 0.227 e. The third-order valence-electron chi connectivity index (χ3n) is 6.75. The van der Waals surface area contributed by atoms with Crippen molar-refractivity contribution in [2.24, 2.45) is 23.7 Å². The van der Waals surface area contributed by atoms with Gasteiger partial charge in [0.2, 0.25) is 5.91 Å². The number of ketones is 1. The first-order valence-electron chi connectivity index (χ1n) is 13.2. The van der Waals surface area contributed by atoms with E-state index < -0.39 is 0 Å². The zero-order valence-corrected chi connectivity index (χ0v) is 22.8. The third-order valence-corrected chi connectivity index (χ3v) is 6.75. The minimum atomic E-state index is -0.242. The highest BCUT2D eigenvalue weighted by molar-refractivity contribution is 5.84. The summed E-state index contributed by atoms with van der Waals surface area (Å²) < 4.78 is 16.4. The minimum absolute atomic E-state index is 0.0123. The maximum atomic E-state index is 13.4. The van der Waals surface area contributed by atoms with Crippen molar-refractivity contribution >= 4 is 11.7 Å². The van der Waals surface area contributed by atoms with Gasteiger partial charge in [-0.15, -0.1) is 0 Å².